The van der Waals surface area contributed by atoms with Crippen molar-refractivity contribution in [3.63, 3.8) is 0 Å². The van der Waals surface area contributed by atoms with Crippen LogP contribution in [0.2, 0.25) is 0 Å². The number of amidine groups is 1. The molecule has 0 unspecified atom stereocenters. The van der Waals surface area contributed by atoms with Crippen LogP contribution in [-0.2, 0) is 7.05 Å². The van der Waals surface area contributed by atoms with Gasteiger partial charge in [-0.25, -0.2) is 0 Å². The molecular weight excluding hydrogens is 226 g/mol. The zero-order chi connectivity index (χ0) is 13.3. The number of rotatable bonds is 3. The molecule has 1 aliphatic rings. The average Bonchev–Trinajstić information content (AvgIpc) is 2.64. The second-order valence-corrected chi connectivity index (χ2v) is 5.16. The van der Waals surface area contributed by atoms with Crippen LogP contribution in [0.15, 0.2) is 0 Å². The molecule has 0 spiro atoms. The molecule has 0 saturated carbocycles. The molecule has 0 bridgehead atoms. The van der Waals surface area contributed by atoms with Crippen LogP contribution < -0.4 is 10.6 Å². The van der Waals surface area contributed by atoms with Gasteiger partial charge in [-0.05, 0) is 25.7 Å². The van der Waals surface area contributed by atoms with Gasteiger partial charge in [0.2, 0.25) is 0 Å². The predicted octanol–water partition coefficient (Wildman–Crippen LogP) is 1.64. The Bertz CT molecular complexity index is 440. The molecule has 1 aromatic rings. The molecule has 1 aromatic heterocycles. The van der Waals surface area contributed by atoms with Crippen molar-refractivity contribution in [2.45, 2.75) is 33.1 Å². The minimum atomic E-state index is 0.119. The van der Waals surface area contributed by atoms with Crippen LogP contribution in [0.5, 0.6) is 0 Å². The number of piperidine rings is 1. The van der Waals surface area contributed by atoms with E-state index in [0.29, 0.717) is 0 Å². The molecule has 1 aliphatic heterocycles. The van der Waals surface area contributed by atoms with E-state index in [1.807, 2.05) is 18.7 Å². The second-order valence-electron chi connectivity index (χ2n) is 5.16. The molecule has 2 rings (SSSR count). The molecule has 5 nitrogen and oxygen atoms in total. The lowest BCUT2D eigenvalue weighted by atomic mass is 9.94. The fourth-order valence-electron chi connectivity index (χ4n) is 2.88. The molecule has 0 aromatic carbocycles. The number of nitrogens with one attached hydrogen (secondary N) is 1. The molecular formula is C13H23N5. The Hall–Kier alpha value is -1.52. The third kappa shape index (κ3) is 2.21. The monoisotopic (exact) mass is 249 g/mol. The van der Waals surface area contributed by atoms with Crippen molar-refractivity contribution in [2.24, 2.45) is 18.7 Å². The Morgan fingerprint density at radius 3 is 2.56 bits per heavy atom. The minimum Gasteiger partial charge on any atom is -0.384 e. The number of nitrogens with two attached hydrogens (primary N) is 1. The maximum atomic E-state index is 7.72. The lowest BCUT2D eigenvalue weighted by Gasteiger charge is -2.33. The van der Waals surface area contributed by atoms with Crippen molar-refractivity contribution in [3.05, 3.63) is 11.3 Å². The lowest BCUT2D eigenvalue weighted by Crippen LogP contribution is -2.36. The first kappa shape index (κ1) is 12.9. The third-order valence-corrected chi connectivity index (χ3v) is 3.95. The summed E-state index contributed by atoms with van der Waals surface area (Å²) in [6, 6.07) is 0. The number of anilines is 1. The standard InChI is InChI=1S/C13H23N5/c1-4-10-5-7-18(8-6-10)13-11(12(14)15)9(2)16-17(13)3/h10H,4-8H2,1-3H3,(H3,14,15). The predicted molar refractivity (Wildman–Crippen MR) is 74.2 cm³/mol. The van der Waals surface area contributed by atoms with Crippen molar-refractivity contribution in [3.8, 4) is 0 Å². The molecule has 0 aliphatic carbocycles. The number of aromatic nitrogens is 2. The van der Waals surface area contributed by atoms with Gasteiger partial charge in [0.15, 0.2) is 0 Å². The third-order valence-electron chi connectivity index (χ3n) is 3.95. The van der Waals surface area contributed by atoms with E-state index in [-0.39, 0.29) is 5.84 Å². The number of aryl methyl sites for hydroxylation is 2. The number of nitrogen functional groups attached to an aromatic ring is 1. The van der Waals surface area contributed by atoms with Gasteiger partial charge in [0.1, 0.15) is 11.7 Å². The van der Waals surface area contributed by atoms with Crippen LogP contribution >= 0.6 is 0 Å². The molecule has 100 valence electrons. The summed E-state index contributed by atoms with van der Waals surface area (Å²) in [5.41, 5.74) is 7.34. The maximum Gasteiger partial charge on any atom is 0.137 e. The van der Waals surface area contributed by atoms with Gasteiger partial charge in [-0.3, -0.25) is 10.1 Å². The SMILES string of the molecule is CCC1CCN(c2c(C(=N)N)c(C)nn2C)CC1. The summed E-state index contributed by atoms with van der Waals surface area (Å²) in [5, 5.41) is 12.1. The van der Waals surface area contributed by atoms with Gasteiger partial charge in [0.25, 0.3) is 0 Å². The van der Waals surface area contributed by atoms with Crippen LogP contribution in [0.3, 0.4) is 0 Å². The first-order chi connectivity index (χ1) is 8.54. The van der Waals surface area contributed by atoms with E-state index < -0.39 is 0 Å². The Kier molecular flexibility index (Phi) is 3.59. The van der Waals surface area contributed by atoms with Crippen molar-refractivity contribution in [1.29, 1.82) is 5.41 Å². The maximum absolute atomic E-state index is 7.72. The van der Waals surface area contributed by atoms with E-state index in [1.165, 1.54) is 19.3 Å². The van der Waals surface area contributed by atoms with E-state index >= 15 is 0 Å². The highest BCUT2D eigenvalue weighted by molar-refractivity contribution is 6.00. The Morgan fingerprint density at radius 2 is 2.06 bits per heavy atom. The van der Waals surface area contributed by atoms with E-state index in [4.69, 9.17) is 11.1 Å². The first-order valence-electron chi connectivity index (χ1n) is 6.67. The molecule has 3 N–H and O–H groups in total. The van der Waals surface area contributed by atoms with Crippen molar-refractivity contribution < 1.29 is 0 Å². The Labute approximate surface area is 108 Å². The zero-order valence-corrected chi connectivity index (χ0v) is 11.5. The van der Waals surface area contributed by atoms with Gasteiger partial charge in [-0.15, -0.1) is 0 Å². The van der Waals surface area contributed by atoms with E-state index in [2.05, 4.69) is 16.9 Å². The molecule has 18 heavy (non-hydrogen) atoms. The molecule has 1 saturated heterocycles. The molecule has 0 atom stereocenters. The highest BCUT2D eigenvalue weighted by Gasteiger charge is 2.25. The molecule has 0 amide bonds. The summed E-state index contributed by atoms with van der Waals surface area (Å²) in [6.45, 7) is 6.25. The minimum absolute atomic E-state index is 0.119. The normalized spacial score (nSPS) is 17.2. The number of hydrogen-bond acceptors (Lipinski definition) is 3. The Morgan fingerprint density at radius 1 is 1.44 bits per heavy atom. The fraction of sp³-hybridized carbons (Fsp3) is 0.692. The smallest absolute Gasteiger partial charge is 0.137 e. The summed E-state index contributed by atoms with van der Waals surface area (Å²) in [7, 11) is 1.93. The van der Waals surface area contributed by atoms with Gasteiger partial charge in [-0.1, -0.05) is 13.3 Å². The Balaban J connectivity index is 2.26. The van der Waals surface area contributed by atoms with Gasteiger partial charge in [0, 0.05) is 20.1 Å². The summed E-state index contributed by atoms with van der Waals surface area (Å²) in [4.78, 5) is 2.32. The van der Waals surface area contributed by atoms with Crippen LogP contribution in [-0.4, -0.2) is 28.7 Å². The topological polar surface area (TPSA) is 70.9 Å². The highest BCUT2D eigenvalue weighted by Crippen LogP contribution is 2.28. The van der Waals surface area contributed by atoms with Crippen molar-refractivity contribution in [1.82, 2.24) is 9.78 Å². The summed E-state index contributed by atoms with van der Waals surface area (Å²) < 4.78 is 1.86. The van der Waals surface area contributed by atoms with Crippen molar-refractivity contribution >= 4 is 11.7 Å². The average molecular weight is 249 g/mol. The van der Waals surface area contributed by atoms with Gasteiger partial charge in [-0.2, -0.15) is 5.10 Å². The summed E-state index contributed by atoms with van der Waals surface area (Å²) in [5.74, 6) is 1.97. The molecule has 5 heteroatoms. The van der Waals surface area contributed by atoms with E-state index in [9.17, 15) is 0 Å². The highest BCUT2D eigenvalue weighted by atomic mass is 15.4. The van der Waals surface area contributed by atoms with Gasteiger partial charge < -0.3 is 10.6 Å². The van der Waals surface area contributed by atoms with Crippen LogP contribution in [0.1, 0.15) is 37.4 Å². The largest absolute Gasteiger partial charge is 0.384 e. The van der Waals surface area contributed by atoms with Gasteiger partial charge >= 0.3 is 0 Å². The quantitative estimate of drug-likeness (QED) is 0.632. The van der Waals surface area contributed by atoms with Crippen LogP contribution in [0.25, 0.3) is 0 Å². The number of hydrogen-bond donors (Lipinski definition) is 2. The van der Waals surface area contributed by atoms with Crippen molar-refractivity contribution in [2.75, 3.05) is 18.0 Å². The summed E-state index contributed by atoms with van der Waals surface area (Å²) in [6.07, 6.45) is 3.70. The zero-order valence-electron chi connectivity index (χ0n) is 11.5. The molecule has 0 radical (unpaired) electrons. The lowest BCUT2D eigenvalue weighted by molar-refractivity contribution is 0.391. The van der Waals surface area contributed by atoms with Gasteiger partial charge in [0.05, 0.1) is 11.3 Å². The molecule has 2 heterocycles. The first-order valence-corrected chi connectivity index (χ1v) is 6.67. The number of nitrogens with zero attached hydrogens (tertiary/aromatic N) is 3. The van der Waals surface area contributed by atoms with E-state index in [1.54, 1.807) is 0 Å². The molecule has 1 fully saturated rings. The van der Waals surface area contributed by atoms with Crippen LogP contribution in [0, 0.1) is 18.3 Å². The fourth-order valence-corrected chi connectivity index (χ4v) is 2.88. The van der Waals surface area contributed by atoms with Crippen LogP contribution in [0.4, 0.5) is 5.82 Å². The summed E-state index contributed by atoms with van der Waals surface area (Å²) >= 11 is 0. The second kappa shape index (κ2) is 5.00. The van der Waals surface area contributed by atoms with E-state index in [0.717, 1.165) is 36.1 Å².